The van der Waals surface area contributed by atoms with E-state index in [0.29, 0.717) is 11.1 Å². The van der Waals surface area contributed by atoms with Gasteiger partial charge in [0.1, 0.15) is 48.6 Å². The minimum absolute atomic E-state index is 0.00100. The Hall–Kier alpha value is -7.26. The highest BCUT2D eigenvalue weighted by atomic mass is 16.5. The summed E-state index contributed by atoms with van der Waals surface area (Å²) in [7, 11) is 0. The zero-order valence-corrected chi connectivity index (χ0v) is 36.1. The zero-order valence-electron chi connectivity index (χ0n) is 36.1. The highest BCUT2D eigenvalue weighted by molar-refractivity contribution is 5.97. The molecule has 8 amide bonds. The number of carbonyl (C=O) groups is 10. The maximum Gasteiger partial charge on any atom is 0.408 e. The van der Waals surface area contributed by atoms with Gasteiger partial charge in [0.25, 0.3) is 0 Å². The first-order valence-electron chi connectivity index (χ1n) is 21.1. The van der Waals surface area contributed by atoms with Crippen molar-refractivity contribution >= 4 is 59.4 Å². The Balaban J connectivity index is 1.67. The number of hydrogen-bond acceptors (Lipinski definition) is 12. The molecule has 12 N–H and O–H groups in total. The van der Waals surface area contributed by atoms with Crippen LogP contribution in [-0.4, -0.2) is 117 Å². The zero-order chi connectivity index (χ0) is 48.1. The molecule has 0 aliphatic heterocycles. The average molecular weight is 911 g/mol. The number of ether oxygens (including phenoxy) is 1. The Morgan fingerprint density at radius 2 is 1.17 bits per heavy atom. The molecule has 1 fully saturated rings. The average Bonchev–Trinajstić information content (AvgIpc) is 3.78. The van der Waals surface area contributed by atoms with Crippen LogP contribution in [0, 0.1) is 5.92 Å². The highest BCUT2D eigenvalue weighted by Crippen LogP contribution is 2.29. The molecule has 0 saturated heterocycles. The van der Waals surface area contributed by atoms with Gasteiger partial charge in [0.15, 0.2) is 0 Å². The molecule has 1 aliphatic carbocycles. The van der Waals surface area contributed by atoms with Crippen molar-refractivity contribution in [3.8, 4) is 5.75 Å². The third-order valence-corrected chi connectivity index (χ3v) is 10.4. The number of alkyl carbamates (subject to hydrolysis) is 1. The molecule has 65 heavy (non-hydrogen) atoms. The number of nitrogens with one attached hydrogen (secondary N) is 7. The Kier molecular flexibility index (Phi) is 21.1. The van der Waals surface area contributed by atoms with Crippen LogP contribution in [0.15, 0.2) is 54.6 Å². The van der Waals surface area contributed by atoms with Crippen molar-refractivity contribution in [2.24, 2.45) is 11.7 Å². The van der Waals surface area contributed by atoms with Crippen LogP contribution in [-0.2, 0) is 60.9 Å². The number of aromatic hydroxyl groups is 1. The smallest absolute Gasteiger partial charge is 0.408 e. The second-order valence-corrected chi connectivity index (χ2v) is 15.7. The van der Waals surface area contributed by atoms with Crippen molar-refractivity contribution in [1.29, 1.82) is 0 Å². The molecule has 0 aromatic heterocycles. The predicted molar refractivity (Wildman–Crippen MR) is 229 cm³/mol. The van der Waals surface area contributed by atoms with E-state index in [-0.39, 0.29) is 37.5 Å². The van der Waals surface area contributed by atoms with E-state index >= 15 is 0 Å². The van der Waals surface area contributed by atoms with Gasteiger partial charge >= 0.3 is 18.0 Å². The van der Waals surface area contributed by atoms with Crippen molar-refractivity contribution in [2.45, 2.75) is 121 Å². The lowest BCUT2D eigenvalue weighted by Crippen LogP contribution is -2.59. The number of amides is 8. The van der Waals surface area contributed by atoms with Gasteiger partial charge < -0.3 is 63.0 Å². The van der Waals surface area contributed by atoms with Gasteiger partial charge in [-0.25, -0.2) is 4.79 Å². The first-order chi connectivity index (χ1) is 30.8. The third kappa shape index (κ3) is 19.3. The fraction of sp³-hybridized carbons (Fsp3) is 0.488. The molecule has 22 heteroatoms. The molecular weight excluding hydrogens is 853 g/mol. The molecular formula is C43H58N8O14. The van der Waals surface area contributed by atoms with Crippen LogP contribution in [0.5, 0.6) is 5.75 Å². The van der Waals surface area contributed by atoms with Gasteiger partial charge in [-0.15, -0.1) is 0 Å². The number of carbonyl (C=O) groups excluding carboxylic acids is 8. The number of carboxylic acid groups (broad SMARTS) is 2. The predicted octanol–water partition coefficient (Wildman–Crippen LogP) is -0.395. The lowest BCUT2D eigenvalue weighted by atomic mass is 9.96. The Morgan fingerprint density at radius 3 is 1.77 bits per heavy atom. The number of primary amides is 1. The van der Waals surface area contributed by atoms with E-state index in [1.807, 2.05) is 0 Å². The van der Waals surface area contributed by atoms with Crippen LogP contribution >= 0.6 is 0 Å². The molecule has 0 heterocycles. The van der Waals surface area contributed by atoms with Gasteiger partial charge in [-0.05, 0) is 62.3 Å². The van der Waals surface area contributed by atoms with Crippen LogP contribution in [0.1, 0.15) is 82.8 Å². The fourth-order valence-electron chi connectivity index (χ4n) is 6.77. The van der Waals surface area contributed by atoms with Gasteiger partial charge in [0.2, 0.25) is 41.4 Å². The minimum Gasteiger partial charge on any atom is -0.508 e. The second kappa shape index (κ2) is 26.4. The largest absolute Gasteiger partial charge is 0.508 e. The van der Waals surface area contributed by atoms with Crippen LogP contribution < -0.4 is 43.0 Å². The molecule has 0 bridgehead atoms. The summed E-state index contributed by atoms with van der Waals surface area (Å²) in [6.07, 6.45) is 0.530. The van der Waals surface area contributed by atoms with Gasteiger partial charge in [-0.3, -0.25) is 43.2 Å². The molecule has 354 valence electrons. The van der Waals surface area contributed by atoms with Gasteiger partial charge in [-0.1, -0.05) is 68.1 Å². The van der Waals surface area contributed by atoms with Crippen molar-refractivity contribution in [1.82, 2.24) is 37.2 Å². The second-order valence-electron chi connectivity index (χ2n) is 15.7. The Labute approximate surface area is 374 Å². The van der Waals surface area contributed by atoms with Crippen LogP contribution in [0.2, 0.25) is 0 Å². The number of phenols is 1. The van der Waals surface area contributed by atoms with Gasteiger partial charge in [-0.2, -0.15) is 0 Å². The lowest BCUT2D eigenvalue weighted by Gasteiger charge is -2.27. The Morgan fingerprint density at radius 1 is 0.631 bits per heavy atom. The van der Waals surface area contributed by atoms with Crippen molar-refractivity contribution in [3.05, 3.63) is 65.7 Å². The van der Waals surface area contributed by atoms with E-state index in [0.717, 1.165) is 25.7 Å². The first-order valence-corrected chi connectivity index (χ1v) is 21.1. The number of aliphatic carboxylic acids is 2. The molecule has 0 unspecified atom stereocenters. The van der Waals surface area contributed by atoms with Crippen LogP contribution in [0.25, 0.3) is 0 Å². The highest BCUT2D eigenvalue weighted by Gasteiger charge is 2.33. The maximum atomic E-state index is 14.0. The topological polar surface area (TPSA) is 351 Å². The number of nitrogens with two attached hydrogens (primary N) is 1. The van der Waals surface area contributed by atoms with Crippen LogP contribution in [0.4, 0.5) is 4.79 Å². The molecule has 1 saturated carbocycles. The fourth-order valence-corrected chi connectivity index (χ4v) is 6.77. The first kappa shape index (κ1) is 52.1. The molecule has 6 atom stereocenters. The molecule has 0 spiro atoms. The summed E-state index contributed by atoms with van der Waals surface area (Å²) >= 11 is 0. The molecule has 22 nitrogen and oxygen atoms in total. The third-order valence-electron chi connectivity index (χ3n) is 10.4. The standard InChI is InChI=1S/C43H58N8O14/c1-24(47-43(64)65-23-28-10-4-3-5-11-28)38(59)45-22-34(53)48-31(17-19-36(56)57)40(61)46-25(2)39(60)50-32(20-26-8-6-7-9-26)42(63)51-33(21-27-12-14-29(52)15-13-27)41(62)49-30(37(44)58)16-18-35(54)55/h3-5,10-15,24-26,30-33,52H,6-9,16-23H2,1-2H3,(H2,44,58)(H,45,59)(H,46,61)(H,47,64)(H,48,53)(H,49,62)(H,50,60)(H,51,63)(H,54,55)(H,56,57)/t24-,25-,30-,31-,32-,33-/m0/s1. The quantitative estimate of drug-likeness (QED) is 0.0573. The minimum atomic E-state index is -1.49. The summed E-state index contributed by atoms with van der Waals surface area (Å²) in [5, 5.41) is 45.2. The molecule has 3 rings (SSSR count). The number of hydrogen-bond donors (Lipinski definition) is 11. The van der Waals surface area contributed by atoms with E-state index in [9.17, 15) is 58.2 Å². The monoisotopic (exact) mass is 910 g/mol. The van der Waals surface area contributed by atoms with E-state index < -0.39 is 121 Å². The van der Waals surface area contributed by atoms with Crippen molar-refractivity contribution < 1.29 is 68.0 Å². The summed E-state index contributed by atoms with van der Waals surface area (Å²) in [5.74, 6) is -8.77. The van der Waals surface area contributed by atoms with E-state index in [1.54, 1.807) is 30.3 Å². The summed E-state index contributed by atoms with van der Waals surface area (Å²) in [6, 6.07) is 6.46. The summed E-state index contributed by atoms with van der Waals surface area (Å²) in [6.45, 7) is 1.90. The lowest BCUT2D eigenvalue weighted by molar-refractivity contribution is -0.139. The van der Waals surface area contributed by atoms with Crippen molar-refractivity contribution in [3.63, 3.8) is 0 Å². The Bertz CT molecular complexity index is 1990. The van der Waals surface area contributed by atoms with Gasteiger partial charge in [0, 0.05) is 19.3 Å². The number of rotatable bonds is 26. The van der Waals surface area contributed by atoms with Crippen molar-refractivity contribution in [2.75, 3.05) is 6.54 Å². The van der Waals surface area contributed by atoms with E-state index in [1.165, 1.54) is 38.1 Å². The SMILES string of the molecule is C[C@H](NC(=O)OCc1ccccc1)C(=O)NCC(=O)N[C@@H](CCC(=O)O)C(=O)N[C@@H](C)C(=O)N[C@@H](CC1CCCC1)C(=O)N[C@@H](Cc1ccc(O)cc1)C(=O)N[C@@H](CCC(=O)O)C(N)=O. The summed E-state index contributed by atoms with van der Waals surface area (Å²) < 4.78 is 5.09. The van der Waals surface area contributed by atoms with Gasteiger partial charge in [0.05, 0.1) is 6.54 Å². The summed E-state index contributed by atoms with van der Waals surface area (Å²) in [5.41, 5.74) is 6.62. The number of phenolic OH excluding ortho intramolecular Hbond substituents is 1. The van der Waals surface area contributed by atoms with E-state index in [2.05, 4.69) is 37.2 Å². The summed E-state index contributed by atoms with van der Waals surface area (Å²) in [4.78, 5) is 127. The molecule has 2 aromatic carbocycles. The van der Waals surface area contributed by atoms with Crippen LogP contribution in [0.3, 0.4) is 0 Å². The molecule has 1 aliphatic rings. The molecule has 2 aromatic rings. The number of benzene rings is 2. The normalized spacial score (nSPS) is 15.0. The number of carboxylic acids is 2. The molecule has 0 radical (unpaired) electrons. The maximum absolute atomic E-state index is 14.0. The van der Waals surface area contributed by atoms with E-state index in [4.69, 9.17) is 15.6 Å².